The summed E-state index contributed by atoms with van der Waals surface area (Å²) in [6.07, 6.45) is 1.84. The van der Waals surface area contributed by atoms with Crippen molar-refractivity contribution >= 4 is 46.2 Å². The molecule has 3 aliphatic rings. The third-order valence-corrected chi connectivity index (χ3v) is 8.68. The zero-order valence-corrected chi connectivity index (χ0v) is 25.6. The summed E-state index contributed by atoms with van der Waals surface area (Å²) < 4.78 is 0. The molecule has 0 spiro atoms. The van der Waals surface area contributed by atoms with Crippen LogP contribution in [-0.4, -0.2) is 18.9 Å². The molecule has 0 saturated carbocycles. The fraction of sp³-hybridized carbons (Fsp3) is 0.0270. The van der Waals surface area contributed by atoms with E-state index in [1.165, 1.54) is 38.9 Å². The SMILES string of the molecule is CN1[CH-]N(c2[c-]c3c(cc2)-c2ccccc2B2c4ccccc4-c4ccc(-c5ccccn5)[c-]c4N23)c2ccccc21.[Pt]. The molecular formula is C37H24BN4Pt-3. The van der Waals surface area contributed by atoms with E-state index in [-0.39, 0.29) is 27.9 Å². The number of anilines is 5. The first kappa shape index (κ1) is 26.1. The average molecular weight is 731 g/mol. The van der Waals surface area contributed by atoms with Crippen LogP contribution in [0.2, 0.25) is 0 Å². The summed E-state index contributed by atoms with van der Waals surface area (Å²) in [5.41, 5.74) is 14.8. The minimum atomic E-state index is -0.00310. The van der Waals surface area contributed by atoms with Crippen LogP contribution < -0.4 is 25.5 Å². The summed E-state index contributed by atoms with van der Waals surface area (Å²) in [4.78, 5) is 11.5. The number of fused-ring (bicyclic) bond motifs is 12. The van der Waals surface area contributed by atoms with Crippen molar-refractivity contribution in [3.8, 4) is 33.5 Å². The van der Waals surface area contributed by atoms with Gasteiger partial charge in [0.25, 0.3) is 0 Å². The molecule has 43 heavy (non-hydrogen) atoms. The van der Waals surface area contributed by atoms with Gasteiger partial charge in [0.05, 0.1) is 0 Å². The molecule has 0 aliphatic carbocycles. The molecule has 0 unspecified atom stereocenters. The smallest absolute Gasteiger partial charge is 0.324 e. The van der Waals surface area contributed by atoms with Crippen molar-refractivity contribution in [3.63, 3.8) is 0 Å². The van der Waals surface area contributed by atoms with Crippen molar-refractivity contribution in [1.82, 2.24) is 4.98 Å². The van der Waals surface area contributed by atoms with E-state index >= 15 is 0 Å². The molecule has 0 fully saturated rings. The molecule has 0 N–H and O–H groups in total. The van der Waals surface area contributed by atoms with Gasteiger partial charge in [0.15, 0.2) is 0 Å². The summed E-state index contributed by atoms with van der Waals surface area (Å²) >= 11 is 0. The Labute approximate surface area is 266 Å². The molecule has 0 saturated heterocycles. The van der Waals surface area contributed by atoms with Crippen molar-refractivity contribution in [2.24, 2.45) is 0 Å². The standard InChI is InChI=1S/C37H24BN4.Pt/c1-40-24-41(35-16-7-6-15-34(35)40)26-18-20-30-28-11-3-5-13-32(28)38-31-12-4-2-10-27(31)29-19-17-25(33-14-8-9-21-39-33)22-36(29)42(38)37(30)23-26;/h2-21,24H,1H3;/q-3;. The topological polar surface area (TPSA) is 22.6 Å². The molecule has 0 bridgehead atoms. The van der Waals surface area contributed by atoms with Crippen molar-refractivity contribution in [2.45, 2.75) is 0 Å². The van der Waals surface area contributed by atoms with Crippen LogP contribution in [0, 0.1) is 18.8 Å². The van der Waals surface area contributed by atoms with Crippen LogP contribution in [0.1, 0.15) is 0 Å². The second-order valence-electron chi connectivity index (χ2n) is 11.0. The molecule has 208 valence electrons. The zero-order chi connectivity index (χ0) is 27.8. The summed E-state index contributed by atoms with van der Waals surface area (Å²) in [5, 5.41) is 0. The molecule has 1 aromatic heterocycles. The summed E-state index contributed by atoms with van der Waals surface area (Å²) in [7, 11) is 2.09. The maximum atomic E-state index is 4.65. The fourth-order valence-corrected chi connectivity index (χ4v) is 6.81. The second-order valence-corrected chi connectivity index (χ2v) is 11.0. The van der Waals surface area contributed by atoms with Crippen molar-refractivity contribution in [3.05, 3.63) is 140 Å². The van der Waals surface area contributed by atoms with Gasteiger partial charge in [0.2, 0.25) is 0 Å². The molecule has 6 heteroatoms. The maximum Gasteiger partial charge on any atom is 0.324 e. The Morgan fingerprint density at radius 3 is 1.98 bits per heavy atom. The first-order chi connectivity index (χ1) is 20.8. The number of aromatic nitrogens is 1. The molecule has 4 heterocycles. The molecule has 0 atom stereocenters. The summed E-state index contributed by atoms with van der Waals surface area (Å²) in [6.45, 7) is 2.14. The summed E-state index contributed by atoms with van der Waals surface area (Å²) in [6, 6.07) is 48.7. The van der Waals surface area contributed by atoms with E-state index in [9.17, 15) is 0 Å². The Morgan fingerprint density at radius 1 is 0.628 bits per heavy atom. The van der Waals surface area contributed by atoms with E-state index in [1.807, 2.05) is 24.4 Å². The maximum absolute atomic E-state index is 4.65. The molecule has 0 radical (unpaired) electrons. The van der Waals surface area contributed by atoms with Crippen LogP contribution in [-0.2, 0) is 21.1 Å². The van der Waals surface area contributed by atoms with Gasteiger partial charge in [-0.2, -0.15) is 12.7 Å². The number of rotatable bonds is 2. The van der Waals surface area contributed by atoms with E-state index in [1.54, 1.807) is 0 Å². The third-order valence-electron chi connectivity index (χ3n) is 8.68. The number of benzene rings is 5. The first-order valence-corrected chi connectivity index (χ1v) is 14.2. The van der Waals surface area contributed by atoms with Crippen LogP contribution in [0.25, 0.3) is 33.5 Å². The van der Waals surface area contributed by atoms with E-state index in [4.69, 9.17) is 0 Å². The van der Waals surface area contributed by atoms with Crippen molar-refractivity contribution < 1.29 is 21.1 Å². The molecular weight excluding hydrogens is 706 g/mol. The number of pyridine rings is 1. The van der Waals surface area contributed by atoms with Gasteiger partial charge >= 0.3 is 6.85 Å². The monoisotopic (exact) mass is 730 g/mol. The van der Waals surface area contributed by atoms with Gasteiger partial charge in [0, 0.05) is 38.6 Å². The number of hydrogen-bond acceptors (Lipinski definition) is 4. The molecule has 3 aliphatic heterocycles. The van der Waals surface area contributed by atoms with E-state index in [0.29, 0.717) is 0 Å². The Balaban J connectivity index is 0.00000278. The van der Waals surface area contributed by atoms with E-state index < -0.39 is 0 Å². The second kappa shape index (κ2) is 10.0. The number of para-hydroxylation sites is 2. The molecule has 9 rings (SSSR count). The molecule has 4 nitrogen and oxygen atoms in total. The predicted molar refractivity (Wildman–Crippen MR) is 173 cm³/mol. The molecule has 5 aromatic carbocycles. The van der Waals surface area contributed by atoms with Crippen molar-refractivity contribution in [1.29, 1.82) is 0 Å². The number of nitrogens with zero attached hydrogens (tertiary/aromatic N) is 4. The predicted octanol–water partition coefficient (Wildman–Crippen LogP) is 6.96. The van der Waals surface area contributed by atoms with E-state index in [0.717, 1.165) is 34.0 Å². The largest absolute Gasteiger partial charge is 0.504 e. The zero-order valence-electron chi connectivity index (χ0n) is 23.3. The van der Waals surface area contributed by atoms with Gasteiger partial charge in [-0.05, 0) is 30.9 Å². The quantitative estimate of drug-likeness (QED) is 0.142. The normalized spacial score (nSPS) is 13.7. The van der Waals surface area contributed by atoms with Crippen LogP contribution in [0.15, 0.2) is 121 Å². The van der Waals surface area contributed by atoms with Crippen LogP contribution in [0.3, 0.4) is 0 Å². The Hall–Kier alpha value is -4.60. The average Bonchev–Trinajstić information content (AvgIpc) is 3.40. The minimum absolute atomic E-state index is 0. The third kappa shape index (κ3) is 3.85. The minimum Gasteiger partial charge on any atom is -0.504 e. The Bertz CT molecular complexity index is 2030. The summed E-state index contributed by atoms with van der Waals surface area (Å²) in [5.74, 6) is 0. The first-order valence-electron chi connectivity index (χ1n) is 14.2. The van der Waals surface area contributed by atoms with Gasteiger partial charge in [-0.15, -0.1) is 47.1 Å². The van der Waals surface area contributed by atoms with Gasteiger partial charge in [0.1, 0.15) is 0 Å². The Kier molecular flexibility index (Phi) is 6.06. The van der Waals surface area contributed by atoms with Crippen LogP contribution in [0.5, 0.6) is 0 Å². The van der Waals surface area contributed by atoms with Gasteiger partial charge in [-0.3, -0.25) is 0 Å². The Morgan fingerprint density at radius 2 is 1.26 bits per heavy atom. The fourth-order valence-electron chi connectivity index (χ4n) is 6.81. The van der Waals surface area contributed by atoms with Gasteiger partial charge in [-0.1, -0.05) is 112 Å². The van der Waals surface area contributed by atoms with Crippen LogP contribution in [0.4, 0.5) is 28.4 Å². The van der Waals surface area contributed by atoms with Gasteiger partial charge in [-0.25, -0.2) is 0 Å². The molecule has 0 amide bonds. The number of hydrogen-bond donors (Lipinski definition) is 0. The van der Waals surface area contributed by atoms with Gasteiger partial charge < -0.3 is 19.6 Å². The van der Waals surface area contributed by atoms with Crippen molar-refractivity contribution in [2.75, 3.05) is 21.7 Å². The van der Waals surface area contributed by atoms with Crippen LogP contribution >= 0.6 is 0 Å². The van der Waals surface area contributed by atoms with E-state index in [2.05, 4.69) is 143 Å². The molecule has 6 aromatic rings.